The molecule has 0 heterocycles. The molecule has 0 bridgehead atoms. The first-order chi connectivity index (χ1) is 16.8. The van der Waals surface area contributed by atoms with Crippen molar-refractivity contribution in [2.45, 2.75) is 110 Å². The molecular weight excluding hydrogens is 432 g/mol. The zero-order chi connectivity index (χ0) is 23.9. The molecule has 0 radical (unpaired) electrons. The van der Waals surface area contributed by atoms with Gasteiger partial charge in [-0.2, -0.15) is 0 Å². The molecule has 3 heteroatoms. The summed E-state index contributed by atoms with van der Waals surface area (Å²) >= 11 is 0. The number of hydrogen-bond donors (Lipinski definition) is 0. The molecule has 0 spiro atoms. The summed E-state index contributed by atoms with van der Waals surface area (Å²) in [6, 6.07) is 21.6. The van der Waals surface area contributed by atoms with E-state index in [1.54, 1.807) is 0 Å². The van der Waals surface area contributed by atoms with E-state index in [-0.39, 0.29) is 6.10 Å². The SMILES string of the molecule is CCCCCCCCCCCCO[Si](OC(C)C1CCCC1)(c1ccccc1)c1ccccc1. The molecule has 1 atom stereocenters. The van der Waals surface area contributed by atoms with Gasteiger partial charge in [-0.15, -0.1) is 0 Å². The number of hydrogen-bond acceptors (Lipinski definition) is 2. The Kier molecular flexibility index (Phi) is 12.4. The van der Waals surface area contributed by atoms with Gasteiger partial charge in [0.05, 0.1) is 0 Å². The maximum Gasteiger partial charge on any atom is 0.407 e. The van der Waals surface area contributed by atoms with Crippen LogP contribution in [0, 0.1) is 5.92 Å². The highest BCUT2D eigenvalue weighted by Crippen LogP contribution is 2.31. The quantitative estimate of drug-likeness (QED) is 0.170. The van der Waals surface area contributed by atoms with E-state index in [1.165, 1.54) is 93.8 Å². The monoisotopic (exact) mass is 480 g/mol. The molecule has 1 fully saturated rings. The lowest BCUT2D eigenvalue weighted by Gasteiger charge is -2.36. The van der Waals surface area contributed by atoms with Gasteiger partial charge in [-0.3, -0.25) is 0 Å². The zero-order valence-electron chi connectivity index (χ0n) is 21.9. The van der Waals surface area contributed by atoms with Gasteiger partial charge < -0.3 is 8.85 Å². The van der Waals surface area contributed by atoms with Crippen LogP contribution in [0.3, 0.4) is 0 Å². The normalized spacial score (nSPS) is 15.6. The van der Waals surface area contributed by atoms with Gasteiger partial charge in [-0.25, -0.2) is 0 Å². The predicted octanol–water partition coefficient (Wildman–Crippen LogP) is 7.78. The van der Waals surface area contributed by atoms with Crippen LogP contribution < -0.4 is 10.4 Å². The van der Waals surface area contributed by atoms with E-state index < -0.39 is 8.56 Å². The van der Waals surface area contributed by atoms with Crippen LogP contribution in [0.25, 0.3) is 0 Å². The summed E-state index contributed by atoms with van der Waals surface area (Å²) in [5.74, 6) is 0.653. The number of rotatable bonds is 17. The van der Waals surface area contributed by atoms with Crippen LogP contribution in [0.1, 0.15) is 104 Å². The van der Waals surface area contributed by atoms with Gasteiger partial charge in [0.25, 0.3) is 0 Å². The largest absolute Gasteiger partial charge is 0.407 e. The second-order valence-electron chi connectivity index (χ2n) is 10.2. The molecule has 0 aliphatic heterocycles. The Labute approximate surface area is 210 Å². The van der Waals surface area contributed by atoms with Crippen molar-refractivity contribution in [3.8, 4) is 0 Å². The summed E-state index contributed by atoms with van der Waals surface area (Å²) in [4.78, 5) is 0. The van der Waals surface area contributed by atoms with Crippen LogP contribution >= 0.6 is 0 Å². The van der Waals surface area contributed by atoms with E-state index in [9.17, 15) is 0 Å². The van der Waals surface area contributed by atoms with Crippen molar-refractivity contribution in [2.75, 3.05) is 6.61 Å². The van der Waals surface area contributed by atoms with Gasteiger partial charge in [0, 0.05) is 12.7 Å². The Morgan fingerprint density at radius 2 is 1.18 bits per heavy atom. The molecule has 0 amide bonds. The third kappa shape index (κ3) is 8.36. The highest BCUT2D eigenvalue weighted by atomic mass is 28.4. The van der Waals surface area contributed by atoms with Crippen LogP contribution in [-0.2, 0) is 8.85 Å². The van der Waals surface area contributed by atoms with Crippen LogP contribution in [-0.4, -0.2) is 21.3 Å². The molecule has 0 saturated heterocycles. The lowest BCUT2D eigenvalue weighted by atomic mass is 10.0. The Hall–Kier alpha value is -1.42. The first-order valence-corrected chi connectivity index (χ1v) is 16.0. The van der Waals surface area contributed by atoms with E-state index >= 15 is 0 Å². The maximum atomic E-state index is 7.10. The standard InChI is InChI=1S/C31H48O2Si/c1-3-4-5-6-7-8-9-10-11-20-27-32-34(30-23-14-12-15-24-30,31-25-16-13-17-26-31)33-28(2)29-21-18-19-22-29/h12-17,23-26,28-29H,3-11,18-22,27H2,1-2H3. The van der Waals surface area contributed by atoms with Crippen LogP contribution in [0.2, 0.25) is 0 Å². The van der Waals surface area contributed by atoms with E-state index in [0.29, 0.717) is 5.92 Å². The molecule has 34 heavy (non-hydrogen) atoms. The summed E-state index contributed by atoms with van der Waals surface area (Å²) in [7, 11) is -2.77. The number of benzene rings is 2. The molecule has 0 N–H and O–H groups in total. The molecule has 1 aliphatic carbocycles. The van der Waals surface area contributed by atoms with Crippen LogP contribution in [0.15, 0.2) is 60.7 Å². The molecular formula is C31H48O2Si. The van der Waals surface area contributed by atoms with Crippen molar-refractivity contribution in [1.29, 1.82) is 0 Å². The number of unbranched alkanes of at least 4 members (excludes halogenated alkanes) is 9. The van der Waals surface area contributed by atoms with Crippen molar-refractivity contribution in [3.05, 3.63) is 60.7 Å². The van der Waals surface area contributed by atoms with Crippen LogP contribution in [0.4, 0.5) is 0 Å². The van der Waals surface area contributed by atoms with Gasteiger partial charge in [0.1, 0.15) is 0 Å². The predicted molar refractivity (Wildman–Crippen MR) is 148 cm³/mol. The summed E-state index contributed by atoms with van der Waals surface area (Å²) in [5.41, 5.74) is 0. The van der Waals surface area contributed by atoms with Crippen molar-refractivity contribution in [3.63, 3.8) is 0 Å². The third-order valence-electron chi connectivity index (χ3n) is 7.53. The van der Waals surface area contributed by atoms with Crippen molar-refractivity contribution in [2.24, 2.45) is 5.92 Å². The lowest BCUT2D eigenvalue weighted by Crippen LogP contribution is -2.65. The summed E-state index contributed by atoms with van der Waals surface area (Å²) < 4.78 is 14.0. The van der Waals surface area contributed by atoms with Crippen LogP contribution in [0.5, 0.6) is 0 Å². The van der Waals surface area contributed by atoms with E-state index in [0.717, 1.165) is 13.0 Å². The van der Waals surface area contributed by atoms with E-state index in [2.05, 4.69) is 74.5 Å². The first-order valence-electron chi connectivity index (χ1n) is 14.2. The fourth-order valence-corrected chi connectivity index (χ4v) is 8.83. The summed E-state index contributed by atoms with van der Waals surface area (Å²) in [6.07, 6.45) is 18.9. The minimum atomic E-state index is -2.77. The average Bonchev–Trinajstić information content (AvgIpc) is 3.43. The fraction of sp³-hybridized carbons (Fsp3) is 0.613. The zero-order valence-corrected chi connectivity index (χ0v) is 22.9. The molecule has 1 aliphatic rings. The lowest BCUT2D eigenvalue weighted by molar-refractivity contribution is 0.0995. The minimum Gasteiger partial charge on any atom is -0.388 e. The van der Waals surface area contributed by atoms with E-state index in [4.69, 9.17) is 8.85 Å². The van der Waals surface area contributed by atoms with Crippen molar-refractivity contribution >= 4 is 18.9 Å². The highest BCUT2D eigenvalue weighted by molar-refractivity contribution is 6.92. The van der Waals surface area contributed by atoms with Crippen molar-refractivity contribution < 1.29 is 8.85 Å². The third-order valence-corrected chi connectivity index (χ3v) is 11.0. The van der Waals surface area contributed by atoms with Gasteiger partial charge in [-0.05, 0) is 42.5 Å². The molecule has 1 unspecified atom stereocenters. The Morgan fingerprint density at radius 1 is 0.706 bits per heavy atom. The van der Waals surface area contributed by atoms with Gasteiger partial charge in [-0.1, -0.05) is 138 Å². The molecule has 2 nitrogen and oxygen atoms in total. The van der Waals surface area contributed by atoms with Crippen molar-refractivity contribution in [1.82, 2.24) is 0 Å². The molecule has 0 aromatic heterocycles. The summed E-state index contributed by atoms with van der Waals surface area (Å²) in [6.45, 7) is 5.35. The molecule has 2 aromatic carbocycles. The highest BCUT2D eigenvalue weighted by Gasteiger charge is 2.45. The second kappa shape index (κ2) is 15.5. The Balaban J connectivity index is 1.61. The summed E-state index contributed by atoms with van der Waals surface area (Å²) in [5, 5.41) is 2.47. The van der Waals surface area contributed by atoms with Gasteiger partial charge in [0.15, 0.2) is 0 Å². The Bertz CT molecular complexity index is 718. The smallest absolute Gasteiger partial charge is 0.388 e. The topological polar surface area (TPSA) is 18.5 Å². The van der Waals surface area contributed by atoms with Gasteiger partial charge >= 0.3 is 8.56 Å². The average molecular weight is 481 g/mol. The molecule has 188 valence electrons. The molecule has 1 saturated carbocycles. The first kappa shape index (κ1) is 27.2. The minimum absolute atomic E-state index is 0.224. The molecule has 2 aromatic rings. The fourth-order valence-electron chi connectivity index (χ4n) is 5.41. The maximum absolute atomic E-state index is 7.10. The van der Waals surface area contributed by atoms with Gasteiger partial charge in [0.2, 0.25) is 0 Å². The molecule has 3 rings (SSSR count). The van der Waals surface area contributed by atoms with E-state index in [1.807, 2.05) is 0 Å². The second-order valence-corrected chi connectivity index (χ2v) is 13.2. The Morgan fingerprint density at radius 3 is 1.68 bits per heavy atom.